The van der Waals surface area contributed by atoms with Crippen LogP contribution in [-0.2, 0) is 6.42 Å². The van der Waals surface area contributed by atoms with Gasteiger partial charge in [0.25, 0.3) is 0 Å². The van der Waals surface area contributed by atoms with Crippen LogP contribution in [0.2, 0.25) is 0 Å². The van der Waals surface area contributed by atoms with Crippen molar-refractivity contribution in [1.29, 1.82) is 0 Å². The fourth-order valence-corrected chi connectivity index (χ4v) is 2.28. The molecular weight excluding hydrogens is 280 g/mol. The molecule has 0 bridgehead atoms. The molecule has 0 aliphatic heterocycles. The lowest BCUT2D eigenvalue weighted by Crippen LogP contribution is -2.42. The smallest absolute Gasteiger partial charge is 0.317 e. The van der Waals surface area contributed by atoms with Crippen molar-refractivity contribution in [2.75, 3.05) is 13.6 Å². The number of hydrogen-bond acceptors (Lipinski definition) is 3. The lowest BCUT2D eigenvalue weighted by molar-refractivity contribution is 0.142. The van der Waals surface area contributed by atoms with Crippen molar-refractivity contribution in [2.24, 2.45) is 0 Å². The molecule has 0 saturated heterocycles. The first kappa shape index (κ1) is 16.0. The fraction of sp³-hybridized carbons (Fsp3) is 0.375. The largest absolute Gasteiger partial charge is 0.392 e. The van der Waals surface area contributed by atoms with E-state index >= 15 is 0 Å². The van der Waals surface area contributed by atoms with Crippen molar-refractivity contribution >= 4 is 6.03 Å². The first-order chi connectivity index (χ1) is 10.6. The van der Waals surface area contributed by atoms with Gasteiger partial charge in [-0.05, 0) is 12.5 Å². The maximum atomic E-state index is 12.3. The summed E-state index contributed by atoms with van der Waals surface area (Å²) in [6.07, 6.45) is 3.47. The number of urea groups is 1. The maximum absolute atomic E-state index is 12.3. The third kappa shape index (κ3) is 4.60. The number of carbonyl (C=O) groups is 1. The molecule has 0 aliphatic carbocycles. The van der Waals surface area contributed by atoms with Gasteiger partial charge in [0.05, 0.1) is 12.1 Å². The molecule has 1 aromatic carbocycles. The van der Waals surface area contributed by atoms with Crippen LogP contribution in [0.25, 0.3) is 0 Å². The van der Waals surface area contributed by atoms with Crippen LogP contribution in [0, 0.1) is 0 Å². The standard InChI is InChI=1S/C16H22N4O2/c1-12(21)11-20(2)16(22)19-14(10-15-17-8-9-18-15)13-6-4-3-5-7-13/h3-9,12,14,21H,10-11H2,1-2H3,(H,17,18)(H,19,22)/t12-,14+/m0/s1. The second-order valence-corrected chi connectivity index (χ2v) is 5.38. The summed E-state index contributed by atoms with van der Waals surface area (Å²) in [6, 6.07) is 9.37. The summed E-state index contributed by atoms with van der Waals surface area (Å²) >= 11 is 0. The van der Waals surface area contributed by atoms with E-state index in [1.165, 1.54) is 4.90 Å². The Morgan fingerprint density at radius 3 is 2.73 bits per heavy atom. The molecule has 0 radical (unpaired) electrons. The van der Waals surface area contributed by atoms with Crippen LogP contribution < -0.4 is 5.32 Å². The Morgan fingerprint density at radius 1 is 1.41 bits per heavy atom. The van der Waals surface area contributed by atoms with E-state index in [1.807, 2.05) is 30.3 Å². The molecule has 1 heterocycles. The van der Waals surface area contributed by atoms with Gasteiger partial charge >= 0.3 is 6.03 Å². The number of benzene rings is 1. The summed E-state index contributed by atoms with van der Waals surface area (Å²) in [5.41, 5.74) is 1.01. The van der Waals surface area contributed by atoms with E-state index in [2.05, 4.69) is 15.3 Å². The zero-order valence-corrected chi connectivity index (χ0v) is 12.9. The van der Waals surface area contributed by atoms with E-state index in [0.717, 1.165) is 11.4 Å². The summed E-state index contributed by atoms with van der Waals surface area (Å²) in [6.45, 7) is 1.94. The SMILES string of the molecule is C[C@H](O)CN(C)C(=O)N[C@H](Cc1ncc[nH]1)c1ccccc1. The van der Waals surface area contributed by atoms with Crippen LogP contribution in [0.1, 0.15) is 24.4 Å². The van der Waals surface area contributed by atoms with E-state index in [1.54, 1.807) is 26.4 Å². The van der Waals surface area contributed by atoms with Gasteiger partial charge in [-0.2, -0.15) is 0 Å². The van der Waals surface area contributed by atoms with Crippen molar-refractivity contribution in [3.63, 3.8) is 0 Å². The number of carbonyl (C=O) groups excluding carboxylic acids is 1. The van der Waals surface area contributed by atoms with Gasteiger partial charge in [0.2, 0.25) is 0 Å². The number of aromatic amines is 1. The molecule has 22 heavy (non-hydrogen) atoms. The van der Waals surface area contributed by atoms with E-state index < -0.39 is 6.10 Å². The number of nitrogens with one attached hydrogen (secondary N) is 2. The Bertz CT molecular complexity index is 569. The first-order valence-corrected chi connectivity index (χ1v) is 7.29. The van der Waals surface area contributed by atoms with Crippen molar-refractivity contribution < 1.29 is 9.90 Å². The molecule has 2 aromatic rings. The molecule has 0 spiro atoms. The maximum Gasteiger partial charge on any atom is 0.317 e. The average Bonchev–Trinajstić information content (AvgIpc) is 2.99. The number of aliphatic hydroxyl groups is 1. The van der Waals surface area contributed by atoms with Gasteiger partial charge in [0.15, 0.2) is 0 Å². The van der Waals surface area contributed by atoms with Crippen LogP contribution in [0.5, 0.6) is 0 Å². The predicted octanol–water partition coefficient (Wildman–Crippen LogP) is 1.72. The number of amides is 2. The van der Waals surface area contributed by atoms with Gasteiger partial charge in [-0.1, -0.05) is 30.3 Å². The number of H-pyrrole nitrogens is 1. The molecule has 2 rings (SSSR count). The van der Waals surface area contributed by atoms with E-state index in [-0.39, 0.29) is 18.6 Å². The zero-order chi connectivity index (χ0) is 15.9. The summed E-state index contributed by atoms with van der Waals surface area (Å²) in [5.74, 6) is 0.812. The van der Waals surface area contributed by atoms with Crippen molar-refractivity contribution in [3.05, 3.63) is 54.1 Å². The first-order valence-electron chi connectivity index (χ1n) is 7.29. The Kier molecular flexibility index (Phi) is 5.55. The minimum Gasteiger partial charge on any atom is -0.392 e. The van der Waals surface area contributed by atoms with Crippen LogP contribution in [0.4, 0.5) is 4.79 Å². The number of aliphatic hydroxyl groups excluding tert-OH is 1. The monoisotopic (exact) mass is 302 g/mol. The second-order valence-electron chi connectivity index (χ2n) is 5.38. The van der Waals surface area contributed by atoms with Crippen LogP contribution in [0.15, 0.2) is 42.7 Å². The number of imidazole rings is 1. The summed E-state index contributed by atoms with van der Waals surface area (Å²) < 4.78 is 0. The lowest BCUT2D eigenvalue weighted by Gasteiger charge is -2.24. The van der Waals surface area contributed by atoms with E-state index in [9.17, 15) is 9.90 Å². The van der Waals surface area contributed by atoms with Gasteiger partial charge < -0.3 is 20.3 Å². The molecule has 0 fully saturated rings. The highest BCUT2D eigenvalue weighted by molar-refractivity contribution is 5.74. The van der Waals surface area contributed by atoms with E-state index in [0.29, 0.717) is 6.42 Å². The number of hydrogen-bond donors (Lipinski definition) is 3. The topological polar surface area (TPSA) is 81.2 Å². The third-order valence-corrected chi connectivity index (χ3v) is 3.34. The fourth-order valence-electron chi connectivity index (χ4n) is 2.28. The quantitative estimate of drug-likeness (QED) is 0.760. The van der Waals surface area contributed by atoms with Gasteiger partial charge in [0, 0.05) is 32.4 Å². The molecule has 6 nitrogen and oxygen atoms in total. The molecule has 118 valence electrons. The molecule has 3 N–H and O–H groups in total. The van der Waals surface area contributed by atoms with Crippen molar-refractivity contribution in [1.82, 2.24) is 20.2 Å². The minimum absolute atomic E-state index is 0.184. The zero-order valence-electron chi connectivity index (χ0n) is 12.9. The molecular formula is C16H22N4O2. The van der Waals surface area contributed by atoms with Crippen LogP contribution >= 0.6 is 0 Å². The van der Waals surface area contributed by atoms with Gasteiger partial charge in [-0.15, -0.1) is 0 Å². The molecule has 1 aromatic heterocycles. The number of rotatable bonds is 6. The van der Waals surface area contributed by atoms with Crippen molar-refractivity contribution in [2.45, 2.75) is 25.5 Å². The molecule has 0 unspecified atom stereocenters. The summed E-state index contributed by atoms with van der Waals surface area (Å²) in [5, 5.41) is 12.4. The summed E-state index contributed by atoms with van der Waals surface area (Å²) in [4.78, 5) is 21.0. The molecule has 0 aliphatic rings. The minimum atomic E-state index is -0.559. The second kappa shape index (κ2) is 7.61. The molecule has 2 atom stereocenters. The van der Waals surface area contributed by atoms with Gasteiger partial charge in [-0.25, -0.2) is 9.78 Å². The highest BCUT2D eigenvalue weighted by Gasteiger charge is 2.19. The Morgan fingerprint density at radius 2 is 2.14 bits per heavy atom. The van der Waals surface area contributed by atoms with Crippen molar-refractivity contribution in [3.8, 4) is 0 Å². The highest BCUT2D eigenvalue weighted by Crippen LogP contribution is 2.17. The average molecular weight is 302 g/mol. The summed E-state index contributed by atoms with van der Waals surface area (Å²) in [7, 11) is 1.66. The lowest BCUT2D eigenvalue weighted by atomic mass is 10.0. The predicted molar refractivity (Wildman–Crippen MR) is 84.3 cm³/mol. The number of likely N-dealkylation sites (N-methyl/N-ethyl adjacent to an activating group) is 1. The highest BCUT2D eigenvalue weighted by atomic mass is 16.3. The Balaban J connectivity index is 2.09. The molecule has 6 heteroatoms. The van der Waals surface area contributed by atoms with E-state index in [4.69, 9.17) is 0 Å². The van der Waals surface area contributed by atoms with Gasteiger partial charge in [0.1, 0.15) is 5.82 Å². The van der Waals surface area contributed by atoms with Gasteiger partial charge in [-0.3, -0.25) is 0 Å². The third-order valence-electron chi connectivity index (χ3n) is 3.34. The normalized spacial score (nSPS) is 13.4. The Labute approximate surface area is 130 Å². The number of aromatic nitrogens is 2. The molecule has 2 amide bonds. The van der Waals surface area contributed by atoms with Crippen LogP contribution in [0.3, 0.4) is 0 Å². The molecule has 0 saturated carbocycles. The van der Waals surface area contributed by atoms with Crippen LogP contribution in [-0.4, -0.2) is 45.7 Å². The Hall–Kier alpha value is -2.34. The number of nitrogens with zero attached hydrogens (tertiary/aromatic N) is 2.